The second-order valence-electron chi connectivity index (χ2n) is 5.07. The zero-order valence-corrected chi connectivity index (χ0v) is 10.1. The van der Waals surface area contributed by atoms with E-state index in [1.165, 1.54) is 0 Å². The molecule has 1 saturated heterocycles. The average molecular weight is 229 g/mol. The Morgan fingerprint density at radius 2 is 2.25 bits per heavy atom. The van der Waals surface area contributed by atoms with Crippen LogP contribution in [0, 0.1) is 11.8 Å². The minimum Gasteiger partial charge on any atom is -0.409 e. The number of nitrogens with zero attached hydrogens (tertiary/aromatic N) is 2. The summed E-state index contributed by atoms with van der Waals surface area (Å²) in [6.45, 7) is 6.45. The average Bonchev–Trinajstić information content (AvgIpc) is 2.22. The predicted molar refractivity (Wildman–Crippen MR) is 63.4 cm³/mol. The monoisotopic (exact) mass is 229 g/mol. The van der Waals surface area contributed by atoms with Gasteiger partial charge >= 0.3 is 0 Å². The van der Waals surface area contributed by atoms with E-state index < -0.39 is 0 Å². The maximum atomic E-state index is 9.89. The quantitative estimate of drug-likeness (QED) is 0.283. The first-order chi connectivity index (χ1) is 7.52. The van der Waals surface area contributed by atoms with Gasteiger partial charge in [-0.1, -0.05) is 19.0 Å². The Morgan fingerprint density at radius 3 is 2.81 bits per heavy atom. The van der Waals surface area contributed by atoms with Crippen LogP contribution in [0.25, 0.3) is 0 Å². The van der Waals surface area contributed by atoms with Gasteiger partial charge in [0, 0.05) is 13.1 Å². The molecule has 16 heavy (non-hydrogen) atoms. The van der Waals surface area contributed by atoms with Gasteiger partial charge in [0.1, 0.15) is 0 Å². The highest BCUT2D eigenvalue weighted by Gasteiger charge is 2.28. The van der Waals surface area contributed by atoms with Gasteiger partial charge < -0.3 is 16.0 Å². The van der Waals surface area contributed by atoms with Gasteiger partial charge in [-0.05, 0) is 24.7 Å². The van der Waals surface area contributed by atoms with Crippen LogP contribution in [-0.2, 0) is 0 Å². The number of piperidine rings is 1. The number of nitrogens with two attached hydrogens (primary N) is 1. The van der Waals surface area contributed by atoms with Crippen molar-refractivity contribution in [2.75, 3.05) is 19.6 Å². The van der Waals surface area contributed by atoms with E-state index in [2.05, 4.69) is 23.9 Å². The van der Waals surface area contributed by atoms with E-state index in [1.807, 2.05) is 0 Å². The first kappa shape index (κ1) is 13.3. The molecular weight excluding hydrogens is 206 g/mol. The Hall–Kier alpha value is -0.810. The second-order valence-corrected chi connectivity index (χ2v) is 5.07. The molecule has 0 spiro atoms. The van der Waals surface area contributed by atoms with E-state index in [0.29, 0.717) is 18.4 Å². The second kappa shape index (κ2) is 6.06. The van der Waals surface area contributed by atoms with Gasteiger partial charge in [-0.3, -0.25) is 4.90 Å². The van der Waals surface area contributed by atoms with Crippen molar-refractivity contribution in [3.63, 3.8) is 0 Å². The van der Waals surface area contributed by atoms with Crippen molar-refractivity contribution >= 4 is 5.84 Å². The lowest BCUT2D eigenvalue weighted by molar-refractivity contribution is 0.0228. The first-order valence-corrected chi connectivity index (χ1v) is 5.89. The van der Waals surface area contributed by atoms with E-state index in [-0.39, 0.29) is 11.9 Å². The van der Waals surface area contributed by atoms with Gasteiger partial charge in [0.15, 0.2) is 5.84 Å². The highest BCUT2D eigenvalue weighted by Crippen LogP contribution is 2.23. The standard InChI is InChI=1S/C11H23N3O2/c1-8(2)5-9-6-14(4-3-10(9)15)7-11(12)13-16/h8-10,15-16H,3-7H2,1-2H3,(H2,12,13)/t9-,10+/m1/s1. The fraction of sp³-hybridized carbons (Fsp3) is 0.909. The van der Waals surface area contributed by atoms with Crippen molar-refractivity contribution in [2.24, 2.45) is 22.7 Å². The van der Waals surface area contributed by atoms with Crippen molar-refractivity contribution in [3.8, 4) is 0 Å². The lowest BCUT2D eigenvalue weighted by atomic mass is 9.87. The van der Waals surface area contributed by atoms with E-state index in [0.717, 1.165) is 25.9 Å². The number of aliphatic hydroxyl groups excluding tert-OH is 1. The minimum atomic E-state index is -0.203. The van der Waals surface area contributed by atoms with Crippen LogP contribution in [0.1, 0.15) is 26.7 Å². The third-order valence-electron chi connectivity index (χ3n) is 3.07. The SMILES string of the molecule is CC(C)C[C@@H]1CN(CC(N)=NO)CC[C@@H]1O. The number of oxime groups is 1. The van der Waals surface area contributed by atoms with Crippen LogP contribution < -0.4 is 5.73 Å². The molecule has 0 aromatic carbocycles. The zero-order valence-electron chi connectivity index (χ0n) is 10.1. The Balaban J connectivity index is 2.46. The van der Waals surface area contributed by atoms with Crippen LogP contribution in [0.15, 0.2) is 5.16 Å². The summed E-state index contributed by atoms with van der Waals surface area (Å²) in [6, 6.07) is 0. The molecule has 94 valence electrons. The van der Waals surface area contributed by atoms with Crippen LogP contribution in [-0.4, -0.2) is 46.8 Å². The van der Waals surface area contributed by atoms with Gasteiger partial charge in [0.25, 0.3) is 0 Å². The molecule has 0 aromatic heterocycles. The molecule has 1 heterocycles. The molecule has 4 N–H and O–H groups in total. The predicted octanol–water partition coefficient (Wildman–Crippen LogP) is 0.462. The number of likely N-dealkylation sites (tertiary alicyclic amines) is 1. The Labute approximate surface area is 96.9 Å². The topological polar surface area (TPSA) is 82.1 Å². The highest BCUT2D eigenvalue weighted by molar-refractivity contribution is 5.81. The van der Waals surface area contributed by atoms with Crippen LogP contribution >= 0.6 is 0 Å². The van der Waals surface area contributed by atoms with Gasteiger partial charge in [-0.2, -0.15) is 0 Å². The largest absolute Gasteiger partial charge is 0.409 e. The number of rotatable bonds is 4. The third kappa shape index (κ3) is 3.98. The number of aliphatic hydroxyl groups is 1. The van der Waals surface area contributed by atoms with Crippen molar-refractivity contribution in [3.05, 3.63) is 0 Å². The smallest absolute Gasteiger partial charge is 0.153 e. The molecule has 0 aliphatic carbocycles. The molecule has 0 aromatic rings. The van der Waals surface area contributed by atoms with Crippen LogP contribution in [0.5, 0.6) is 0 Å². The summed E-state index contributed by atoms with van der Waals surface area (Å²) >= 11 is 0. The van der Waals surface area contributed by atoms with E-state index in [9.17, 15) is 5.11 Å². The van der Waals surface area contributed by atoms with Gasteiger partial charge in [0.2, 0.25) is 0 Å². The Kier molecular flexibility index (Phi) is 5.02. The molecule has 1 aliphatic heterocycles. The molecule has 5 heteroatoms. The van der Waals surface area contributed by atoms with Gasteiger partial charge in [-0.25, -0.2) is 0 Å². The highest BCUT2D eigenvalue weighted by atomic mass is 16.4. The summed E-state index contributed by atoms with van der Waals surface area (Å²) < 4.78 is 0. The molecular formula is C11H23N3O2. The lowest BCUT2D eigenvalue weighted by Crippen LogP contribution is -2.46. The molecule has 0 amide bonds. The number of hydrogen-bond acceptors (Lipinski definition) is 4. The third-order valence-corrected chi connectivity index (χ3v) is 3.07. The summed E-state index contributed by atoms with van der Waals surface area (Å²) in [5.74, 6) is 1.13. The fourth-order valence-corrected chi connectivity index (χ4v) is 2.34. The van der Waals surface area contributed by atoms with Crippen LogP contribution in [0.2, 0.25) is 0 Å². The molecule has 0 radical (unpaired) electrons. The van der Waals surface area contributed by atoms with Crippen LogP contribution in [0.3, 0.4) is 0 Å². The molecule has 0 saturated carbocycles. The molecule has 5 nitrogen and oxygen atoms in total. The molecule has 1 rings (SSSR count). The lowest BCUT2D eigenvalue weighted by Gasteiger charge is -2.36. The first-order valence-electron chi connectivity index (χ1n) is 5.89. The Bertz CT molecular complexity index is 243. The summed E-state index contributed by atoms with van der Waals surface area (Å²) in [6.07, 6.45) is 1.59. The van der Waals surface area contributed by atoms with E-state index in [1.54, 1.807) is 0 Å². The maximum Gasteiger partial charge on any atom is 0.153 e. The fourth-order valence-electron chi connectivity index (χ4n) is 2.34. The zero-order chi connectivity index (χ0) is 12.1. The minimum absolute atomic E-state index is 0.203. The molecule has 2 atom stereocenters. The summed E-state index contributed by atoms with van der Waals surface area (Å²) in [5, 5.41) is 21.4. The summed E-state index contributed by atoms with van der Waals surface area (Å²) in [4.78, 5) is 2.13. The Morgan fingerprint density at radius 1 is 1.56 bits per heavy atom. The maximum absolute atomic E-state index is 9.89. The molecule has 0 bridgehead atoms. The normalized spacial score (nSPS) is 28.6. The summed E-state index contributed by atoms with van der Waals surface area (Å²) in [5.41, 5.74) is 5.48. The molecule has 0 unspecified atom stereocenters. The van der Waals surface area contributed by atoms with Crippen molar-refractivity contribution in [2.45, 2.75) is 32.8 Å². The van der Waals surface area contributed by atoms with E-state index >= 15 is 0 Å². The summed E-state index contributed by atoms with van der Waals surface area (Å²) in [7, 11) is 0. The van der Waals surface area contributed by atoms with Gasteiger partial charge in [0.05, 0.1) is 12.6 Å². The molecule has 1 fully saturated rings. The van der Waals surface area contributed by atoms with E-state index in [4.69, 9.17) is 10.9 Å². The van der Waals surface area contributed by atoms with Crippen molar-refractivity contribution in [1.29, 1.82) is 0 Å². The van der Waals surface area contributed by atoms with Gasteiger partial charge in [-0.15, -0.1) is 0 Å². The van der Waals surface area contributed by atoms with Crippen molar-refractivity contribution < 1.29 is 10.3 Å². The van der Waals surface area contributed by atoms with Crippen molar-refractivity contribution in [1.82, 2.24) is 4.90 Å². The van der Waals surface area contributed by atoms with Crippen LogP contribution in [0.4, 0.5) is 0 Å². The number of hydrogen-bond donors (Lipinski definition) is 3. The number of amidine groups is 1. The molecule has 1 aliphatic rings.